The maximum absolute atomic E-state index is 13.0. The van der Waals surface area contributed by atoms with E-state index in [1.807, 2.05) is 46.9 Å². The molecule has 2 heterocycles. The van der Waals surface area contributed by atoms with Crippen LogP contribution in [0, 0.1) is 0 Å². The third kappa shape index (κ3) is 4.12. The van der Waals surface area contributed by atoms with Crippen molar-refractivity contribution in [1.82, 2.24) is 19.8 Å². The molecule has 2 fully saturated rings. The lowest BCUT2D eigenvalue weighted by molar-refractivity contribution is -0.165. The van der Waals surface area contributed by atoms with Crippen LogP contribution in [0.2, 0.25) is 0 Å². The second-order valence-electron chi connectivity index (χ2n) is 7.40. The summed E-state index contributed by atoms with van der Waals surface area (Å²) in [7, 11) is 1.61. The highest BCUT2D eigenvalue weighted by Crippen LogP contribution is 2.39. The zero-order valence-corrected chi connectivity index (χ0v) is 16.7. The first kappa shape index (κ1) is 19.4. The molecule has 2 amide bonds. The Balaban J connectivity index is 1.55. The summed E-state index contributed by atoms with van der Waals surface area (Å²) in [6.45, 7) is 3.09. The lowest BCUT2D eigenvalue weighted by Gasteiger charge is -2.40. The Morgan fingerprint density at radius 3 is 2.69 bits per heavy atom. The summed E-state index contributed by atoms with van der Waals surface area (Å²) in [6, 6.07) is 7.18. The minimum atomic E-state index is -0.769. The predicted octanol–water partition coefficient (Wildman–Crippen LogP) is 1.66. The molecule has 2 atom stereocenters. The highest BCUT2D eigenvalue weighted by molar-refractivity contribution is 5.86. The number of methoxy groups -OCH3 is 1. The molecule has 154 valence electrons. The third-order valence-electron chi connectivity index (χ3n) is 5.41. The quantitative estimate of drug-likeness (QED) is 0.767. The fraction of sp³-hybridized carbons (Fsp3) is 0.476. The van der Waals surface area contributed by atoms with Gasteiger partial charge in [-0.25, -0.2) is 4.98 Å². The van der Waals surface area contributed by atoms with Gasteiger partial charge in [0, 0.05) is 18.8 Å². The summed E-state index contributed by atoms with van der Waals surface area (Å²) in [4.78, 5) is 31.7. The van der Waals surface area contributed by atoms with Crippen molar-refractivity contribution >= 4 is 11.8 Å². The number of rotatable bonds is 7. The van der Waals surface area contributed by atoms with Crippen molar-refractivity contribution in [1.29, 1.82) is 0 Å². The maximum Gasteiger partial charge on any atom is 0.252 e. The van der Waals surface area contributed by atoms with Gasteiger partial charge in [-0.15, -0.1) is 0 Å². The number of benzene rings is 1. The SMILES string of the molecule is CCn1cnc(CNC(=O)[C@H]2OCC(=O)N(C3CC3)[C@@H]2c2ccc(OC)cc2)c1. The van der Waals surface area contributed by atoms with Crippen LogP contribution in [0.1, 0.15) is 37.1 Å². The molecule has 1 N–H and O–H groups in total. The molecule has 0 bridgehead atoms. The Morgan fingerprint density at radius 2 is 2.07 bits per heavy atom. The fourth-order valence-electron chi connectivity index (χ4n) is 3.72. The minimum Gasteiger partial charge on any atom is -0.497 e. The topological polar surface area (TPSA) is 85.7 Å². The van der Waals surface area contributed by atoms with Crippen LogP contribution in [0.4, 0.5) is 0 Å². The first-order chi connectivity index (χ1) is 14.1. The number of morpholine rings is 1. The lowest BCUT2D eigenvalue weighted by Crippen LogP contribution is -2.55. The lowest BCUT2D eigenvalue weighted by atomic mass is 9.96. The Bertz CT molecular complexity index is 875. The van der Waals surface area contributed by atoms with Gasteiger partial charge in [-0.1, -0.05) is 12.1 Å². The normalized spacial score (nSPS) is 21.9. The number of amides is 2. The largest absolute Gasteiger partial charge is 0.497 e. The van der Waals surface area contributed by atoms with E-state index in [0.29, 0.717) is 6.54 Å². The maximum atomic E-state index is 13.0. The molecule has 0 spiro atoms. The Kier molecular flexibility index (Phi) is 5.53. The van der Waals surface area contributed by atoms with E-state index >= 15 is 0 Å². The Labute approximate surface area is 169 Å². The first-order valence-electron chi connectivity index (χ1n) is 9.95. The molecule has 1 aliphatic carbocycles. The van der Waals surface area contributed by atoms with E-state index in [-0.39, 0.29) is 24.5 Å². The van der Waals surface area contributed by atoms with Crippen molar-refractivity contribution in [3.05, 3.63) is 48.0 Å². The van der Waals surface area contributed by atoms with Crippen molar-refractivity contribution in [2.24, 2.45) is 0 Å². The van der Waals surface area contributed by atoms with Crippen molar-refractivity contribution < 1.29 is 19.1 Å². The summed E-state index contributed by atoms with van der Waals surface area (Å²) < 4.78 is 12.9. The van der Waals surface area contributed by atoms with Crippen LogP contribution in [0.25, 0.3) is 0 Å². The van der Waals surface area contributed by atoms with Crippen LogP contribution in [-0.2, 0) is 27.4 Å². The molecule has 29 heavy (non-hydrogen) atoms. The number of nitrogens with one attached hydrogen (secondary N) is 1. The van der Waals surface area contributed by atoms with Gasteiger partial charge in [0.2, 0.25) is 5.91 Å². The van der Waals surface area contributed by atoms with Gasteiger partial charge < -0.3 is 24.3 Å². The molecule has 1 aliphatic heterocycles. The van der Waals surface area contributed by atoms with E-state index in [2.05, 4.69) is 10.3 Å². The number of carbonyl (C=O) groups excluding carboxylic acids is 2. The third-order valence-corrected chi connectivity index (χ3v) is 5.41. The Hall–Kier alpha value is -2.87. The number of aryl methyl sites for hydroxylation is 1. The van der Waals surface area contributed by atoms with Gasteiger partial charge in [0.05, 0.1) is 31.7 Å². The Morgan fingerprint density at radius 1 is 1.31 bits per heavy atom. The molecule has 8 nitrogen and oxygen atoms in total. The van der Waals surface area contributed by atoms with E-state index in [1.165, 1.54) is 0 Å². The van der Waals surface area contributed by atoms with Crippen LogP contribution < -0.4 is 10.1 Å². The van der Waals surface area contributed by atoms with Gasteiger partial charge >= 0.3 is 0 Å². The number of ether oxygens (including phenoxy) is 2. The molecule has 4 rings (SSSR count). The van der Waals surface area contributed by atoms with E-state index < -0.39 is 12.1 Å². The molecule has 1 aromatic carbocycles. The van der Waals surface area contributed by atoms with Gasteiger partial charge in [-0.3, -0.25) is 9.59 Å². The number of hydrogen-bond acceptors (Lipinski definition) is 5. The molecule has 0 radical (unpaired) electrons. The highest BCUT2D eigenvalue weighted by Gasteiger charge is 2.47. The van der Waals surface area contributed by atoms with Crippen molar-refractivity contribution in [3.63, 3.8) is 0 Å². The summed E-state index contributed by atoms with van der Waals surface area (Å²) >= 11 is 0. The summed E-state index contributed by atoms with van der Waals surface area (Å²) in [5.41, 5.74) is 1.65. The molecule has 0 unspecified atom stereocenters. The highest BCUT2D eigenvalue weighted by atomic mass is 16.5. The van der Waals surface area contributed by atoms with Crippen LogP contribution in [0.3, 0.4) is 0 Å². The monoisotopic (exact) mass is 398 g/mol. The van der Waals surface area contributed by atoms with Gasteiger partial charge in [0.25, 0.3) is 5.91 Å². The predicted molar refractivity (Wildman–Crippen MR) is 105 cm³/mol. The molecule has 2 aromatic rings. The molecule has 8 heteroatoms. The van der Waals surface area contributed by atoms with Crippen LogP contribution >= 0.6 is 0 Å². The number of nitrogens with zero attached hydrogens (tertiary/aromatic N) is 3. The second-order valence-corrected chi connectivity index (χ2v) is 7.40. The smallest absolute Gasteiger partial charge is 0.252 e. The van der Waals surface area contributed by atoms with Crippen LogP contribution in [0.5, 0.6) is 5.75 Å². The van der Waals surface area contributed by atoms with Gasteiger partial charge in [0.15, 0.2) is 6.10 Å². The average Bonchev–Trinajstić information content (AvgIpc) is 3.48. The number of imidazole rings is 1. The van der Waals surface area contributed by atoms with Crippen LogP contribution in [0.15, 0.2) is 36.8 Å². The van der Waals surface area contributed by atoms with E-state index in [0.717, 1.165) is 36.4 Å². The van der Waals surface area contributed by atoms with Crippen molar-refractivity contribution in [2.45, 2.75) is 51.0 Å². The fourth-order valence-corrected chi connectivity index (χ4v) is 3.72. The molecule has 1 aromatic heterocycles. The standard InChI is InChI=1S/C21H26N4O4/c1-3-24-11-15(23-13-24)10-22-21(27)20-19(14-4-8-17(28-2)9-5-14)25(16-6-7-16)18(26)12-29-20/h4-5,8-9,11,13,16,19-20H,3,6-7,10,12H2,1-2H3,(H,22,27)/t19-,20+/m1/s1. The first-order valence-corrected chi connectivity index (χ1v) is 9.95. The molecule has 2 aliphatic rings. The number of aromatic nitrogens is 2. The minimum absolute atomic E-state index is 0.0703. The van der Waals surface area contributed by atoms with Gasteiger partial charge in [-0.2, -0.15) is 0 Å². The second kappa shape index (κ2) is 8.24. The van der Waals surface area contributed by atoms with Crippen molar-refractivity contribution in [2.75, 3.05) is 13.7 Å². The zero-order chi connectivity index (χ0) is 20.4. The van der Waals surface area contributed by atoms with Crippen molar-refractivity contribution in [3.8, 4) is 5.75 Å². The molecule has 1 saturated carbocycles. The van der Waals surface area contributed by atoms with Gasteiger partial charge in [-0.05, 0) is 37.5 Å². The number of hydrogen-bond donors (Lipinski definition) is 1. The summed E-state index contributed by atoms with van der Waals surface area (Å²) in [5, 5.41) is 2.92. The van der Waals surface area contributed by atoms with Gasteiger partial charge in [0.1, 0.15) is 12.4 Å². The molecular formula is C21H26N4O4. The molecule has 1 saturated heterocycles. The average molecular weight is 398 g/mol. The van der Waals surface area contributed by atoms with E-state index in [4.69, 9.17) is 9.47 Å². The zero-order valence-electron chi connectivity index (χ0n) is 16.7. The summed E-state index contributed by atoms with van der Waals surface area (Å²) in [6.07, 6.45) is 4.80. The number of carbonyl (C=O) groups is 2. The van der Waals surface area contributed by atoms with E-state index in [9.17, 15) is 9.59 Å². The summed E-state index contributed by atoms with van der Waals surface area (Å²) in [5.74, 6) is 0.413. The van der Waals surface area contributed by atoms with E-state index in [1.54, 1.807) is 13.4 Å². The van der Waals surface area contributed by atoms with Crippen LogP contribution in [-0.4, -0.2) is 52.1 Å². The molecular weight excluding hydrogens is 372 g/mol.